The molecule has 0 heterocycles. The summed E-state index contributed by atoms with van der Waals surface area (Å²) in [5.41, 5.74) is 4.57. The zero-order valence-corrected chi connectivity index (χ0v) is 8.49. The Morgan fingerprint density at radius 1 is 1.36 bits per heavy atom. The third kappa shape index (κ3) is 2.40. The standard InChI is InChI=1S/C7H14F2N2O2S/c8-6(9)14(12,13)11-7(5-10)3-1-2-4-7/h6,11H,1-5,10H2. The molecule has 1 saturated carbocycles. The Hall–Kier alpha value is -0.270. The maximum atomic E-state index is 12.1. The predicted molar refractivity (Wildman–Crippen MR) is 48.3 cm³/mol. The van der Waals surface area contributed by atoms with E-state index in [1.807, 2.05) is 4.72 Å². The van der Waals surface area contributed by atoms with Crippen molar-refractivity contribution in [2.24, 2.45) is 5.73 Å². The van der Waals surface area contributed by atoms with Gasteiger partial charge in [-0.25, -0.2) is 13.1 Å². The molecule has 0 saturated heterocycles. The summed E-state index contributed by atoms with van der Waals surface area (Å²) in [6.07, 6.45) is 2.72. The van der Waals surface area contributed by atoms with E-state index < -0.39 is 21.3 Å². The van der Waals surface area contributed by atoms with Crippen LogP contribution in [-0.4, -0.2) is 26.3 Å². The van der Waals surface area contributed by atoms with E-state index in [1.54, 1.807) is 0 Å². The number of halogens is 2. The smallest absolute Gasteiger partial charge is 0.329 e. The maximum Gasteiger partial charge on any atom is 0.350 e. The highest BCUT2D eigenvalue weighted by Crippen LogP contribution is 2.29. The second-order valence-corrected chi connectivity index (χ2v) is 5.25. The second-order valence-electron chi connectivity index (χ2n) is 3.60. The highest BCUT2D eigenvalue weighted by Gasteiger charge is 2.39. The van der Waals surface area contributed by atoms with Gasteiger partial charge in [0.25, 0.3) is 10.0 Å². The van der Waals surface area contributed by atoms with Gasteiger partial charge in [-0.3, -0.25) is 0 Å². The van der Waals surface area contributed by atoms with Crippen LogP contribution in [0.5, 0.6) is 0 Å². The van der Waals surface area contributed by atoms with Gasteiger partial charge in [-0.2, -0.15) is 8.78 Å². The summed E-state index contributed by atoms with van der Waals surface area (Å²) in [7, 11) is -4.52. The number of sulfonamides is 1. The monoisotopic (exact) mass is 228 g/mol. The quantitative estimate of drug-likeness (QED) is 0.731. The number of rotatable bonds is 4. The fourth-order valence-corrected chi connectivity index (χ4v) is 2.73. The summed E-state index contributed by atoms with van der Waals surface area (Å²) in [5, 5.41) is 0. The third-order valence-corrected chi connectivity index (χ3v) is 3.73. The van der Waals surface area contributed by atoms with Crippen molar-refractivity contribution in [1.29, 1.82) is 0 Å². The van der Waals surface area contributed by atoms with Crippen LogP contribution in [0.3, 0.4) is 0 Å². The normalized spacial score (nSPS) is 21.7. The number of nitrogens with two attached hydrogens (primary N) is 1. The van der Waals surface area contributed by atoms with Gasteiger partial charge >= 0.3 is 5.76 Å². The first-order chi connectivity index (χ1) is 6.42. The molecule has 4 nitrogen and oxygen atoms in total. The Balaban J connectivity index is 2.75. The van der Waals surface area contributed by atoms with Gasteiger partial charge in [-0.15, -0.1) is 0 Å². The van der Waals surface area contributed by atoms with Gasteiger partial charge in [0.2, 0.25) is 0 Å². The second kappa shape index (κ2) is 4.08. The molecule has 84 valence electrons. The number of hydrogen-bond acceptors (Lipinski definition) is 3. The van der Waals surface area contributed by atoms with Gasteiger partial charge in [-0.05, 0) is 12.8 Å². The molecule has 1 fully saturated rings. The molecule has 1 aliphatic rings. The molecule has 0 aliphatic heterocycles. The Morgan fingerprint density at radius 2 is 1.86 bits per heavy atom. The fraction of sp³-hybridized carbons (Fsp3) is 1.00. The Bertz CT molecular complexity index is 286. The average Bonchev–Trinajstić information content (AvgIpc) is 2.53. The summed E-state index contributed by atoms with van der Waals surface area (Å²) in [5.74, 6) is -3.38. The Kier molecular flexibility index (Phi) is 3.44. The third-order valence-electron chi connectivity index (χ3n) is 2.54. The summed E-state index contributed by atoms with van der Waals surface area (Å²) in [6.45, 7) is 0.0684. The lowest BCUT2D eigenvalue weighted by Crippen LogP contribution is -2.52. The van der Waals surface area contributed by atoms with E-state index in [4.69, 9.17) is 5.73 Å². The molecule has 7 heteroatoms. The van der Waals surface area contributed by atoms with E-state index in [9.17, 15) is 17.2 Å². The van der Waals surface area contributed by atoms with E-state index in [1.165, 1.54) is 0 Å². The number of hydrogen-bond donors (Lipinski definition) is 2. The Labute approximate surface area is 81.9 Å². The van der Waals surface area contributed by atoms with Crippen molar-refractivity contribution in [3.8, 4) is 0 Å². The van der Waals surface area contributed by atoms with Gasteiger partial charge in [0.1, 0.15) is 0 Å². The van der Waals surface area contributed by atoms with Crippen molar-refractivity contribution in [3.63, 3.8) is 0 Å². The summed E-state index contributed by atoms with van der Waals surface area (Å²) >= 11 is 0. The summed E-state index contributed by atoms with van der Waals surface area (Å²) in [4.78, 5) is 0. The van der Waals surface area contributed by atoms with Crippen molar-refractivity contribution < 1.29 is 17.2 Å². The van der Waals surface area contributed by atoms with Crippen LogP contribution in [-0.2, 0) is 10.0 Å². The van der Waals surface area contributed by atoms with E-state index >= 15 is 0 Å². The zero-order valence-electron chi connectivity index (χ0n) is 7.67. The van der Waals surface area contributed by atoms with Gasteiger partial charge < -0.3 is 5.73 Å². The first-order valence-electron chi connectivity index (χ1n) is 4.43. The molecule has 0 aromatic rings. The molecule has 0 unspecified atom stereocenters. The van der Waals surface area contributed by atoms with Gasteiger partial charge in [0.05, 0.1) is 0 Å². The van der Waals surface area contributed by atoms with E-state index in [0.29, 0.717) is 12.8 Å². The van der Waals surface area contributed by atoms with Crippen LogP contribution in [0, 0.1) is 0 Å². The van der Waals surface area contributed by atoms with Crippen LogP contribution in [0.4, 0.5) is 8.78 Å². The molecule has 0 amide bonds. The van der Waals surface area contributed by atoms with Crippen LogP contribution in [0.1, 0.15) is 25.7 Å². The maximum absolute atomic E-state index is 12.1. The van der Waals surface area contributed by atoms with Crippen LogP contribution in [0.15, 0.2) is 0 Å². The first kappa shape index (κ1) is 11.8. The molecule has 14 heavy (non-hydrogen) atoms. The molecule has 0 radical (unpaired) electrons. The molecule has 0 aromatic carbocycles. The molecule has 1 rings (SSSR count). The lowest BCUT2D eigenvalue weighted by molar-refractivity contribution is 0.227. The minimum atomic E-state index is -4.52. The van der Waals surface area contributed by atoms with Crippen LogP contribution >= 0.6 is 0 Å². The van der Waals surface area contributed by atoms with Gasteiger partial charge in [-0.1, -0.05) is 12.8 Å². The highest BCUT2D eigenvalue weighted by molar-refractivity contribution is 7.89. The topological polar surface area (TPSA) is 72.2 Å². The number of nitrogens with one attached hydrogen (secondary N) is 1. The van der Waals surface area contributed by atoms with Gasteiger partial charge in [0, 0.05) is 12.1 Å². The van der Waals surface area contributed by atoms with Crippen LogP contribution in [0.2, 0.25) is 0 Å². The lowest BCUT2D eigenvalue weighted by atomic mass is 10.0. The molecule has 0 spiro atoms. The van der Waals surface area contributed by atoms with E-state index in [2.05, 4.69) is 0 Å². The SMILES string of the molecule is NCC1(NS(=O)(=O)C(F)F)CCCC1. The van der Waals surface area contributed by atoms with Crippen LogP contribution < -0.4 is 10.5 Å². The Morgan fingerprint density at radius 3 is 2.21 bits per heavy atom. The number of alkyl halides is 2. The minimum absolute atomic E-state index is 0.0684. The molecule has 0 aromatic heterocycles. The molecular weight excluding hydrogens is 214 g/mol. The summed E-state index contributed by atoms with van der Waals surface area (Å²) < 4.78 is 48.0. The van der Waals surface area contributed by atoms with Crippen molar-refractivity contribution >= 4 is 10.0 Å². The van der Waals surface area contributed by atoms with E-state index in [0.717, 1.165) is 12.8 Å². The molecule has 3 N–H and O–H groups in total. The first-order valence-corrected chi connectivity index (χ1v) is 5.97. The van der Waals surface area contributed by atoms with E-state index in [-0.39, 0.29) is 6.54 Å². The molecule has 1 aliphatic carbocycles. The fourth-order valence-electron chi connectivity index (χ4n) is 1.75. The van der Waals surface area contributed by atoms with Crippen LogP contribution in [0.25, 0.3) is 0 Å². The summed E-state index contributed by atoms with van der Waals surface area (Å²) in [6, 6.07) is 0. The predicted octanol–water partition coefficient (Wildman–Crippen LogP) is 0.400. The van der Waals surface area contributed by atoms with Crippen molar-refractivity contribution in [2.75, 3.05) is 6.54 Å². The minimum Gasteiger partial charge on any atom is -0.329 e. The van der Waals surface area contributed by atoms with Gasteiger partial charge in [0.15, 0.2) is 0 Å². The molecule has 0 bridgehead atoms. The highest BCUT2D eigenvalue weighted by atomic mass is 32.2. The van der Waals surface area contributed by atoms with Crippen molar-refractivity contribution in [1.82, 2.24) is 4.72 Å². The zero-order chi connectivity index (χ0) is 10.8. The lowest BCUT2D eigenvalue weighted by Gasteiger charge is -2.27. The van der Waals surface area contributed by atoms with Crippen molar-refractivity contribution in [3.05, 3.63) is 0 Å². The molecule has 0 atom stereocenters. The largest absolute Gasteiger partial charge is 0.350 e. The average molecular weight is 228 g/mol. The molecular formula is C7H14F2N2O2S. The van der Waals surface area contributed by atoms with Crippen molar-refractivity contribution in [2.45, 2.75) is 37.0 Å².